The van der Waals surface area contributed by atoms with Gasteiger partial charge in [0.15, 0.2) is 6.29 Å². The Hall–Kier alpha value is -3.60. The van der Waals surface area contributed by atoms with Gasteiger partial charge >= 0.3 is 0 Å². The fourth-order valence-corrected chi connectivity index (χ4v) is 5.33. The molecule has 1 aromatic heterocycles. The van der Waals surface area contributed by atoms with Crippen LogP contribution in [0, 0.1) is 0 Å². The van der Waals surface area contributed by atoms with E-state index < -0.39 is 0 Å². The van der Waals surface area contributed by atoms with Crippen molar-refractivity contribution in [2.75, 3.05) is 25.7 Å². The molecule has 0 fully saturated rings. The Labute approximate surface area is 194 Å². The topological polar surface area (TPSA) is 42.7 Å². The standard InChI is InChI=1S/C28H29N2O3/c1-5-15-29-19-9-7-11-22(32-3)24(19)27-25-20(10-8-12-23(25)33-4)30(16-6-2)28-18(17-31)13-14-21(29)26(27)28/h7-14,17H,5-6,15-16H2,1-4H3/q+1. The van der Waals surface area contributed by atoms with Gasteiger partial charge in [-0.25, -0.2) is 0 Å². The van der Waals surface area contributed by atoms with Crippen LogP contribution in [0.5, 0.6) is 11.5 Å². The molecule has 0 bridgehead atoms. The second-order valence-electron chi connectivity index (χ2n) is 8.40. The van der Waals surface area contributed by atoms with Crippen LogP contribution in [0.25, 0.3) is 32.9 Å². The van der Waals surface area contributed by atoms with Gasteiger partial charge in [0.2, 0.25) is 11.0 Å². The normalized spacial score (nSPS) is 12.2. The molecule has 3 aromatic carbocycles. The zero-order chi connectivity index (χ0) is 23.1. The molecule has 0 unspecified atom stereocenters. The zero-order valence-electron chi connectivity index (χ0n) is 19.6. The molecule has 0 amide bonds. The van der Waals surface area contributed by atoms with Crippen LogP contribution in [0.2, 0.25) is 0 Å². The lowest BCUT2D eigenvalue weighted by molar-refractivity contribution is -0.645. The van der Waals surface area contributed by atoms with Crippen molar-refractivity contribution in [2.45, 2.75) is 33.2 Å². The van der Waals surface area contributed by atoms with Crippen LogP contribution in [0.15, 0.2) is 48.5 Å². The number of ether oxygens (including phenoxy) is 2. The number of aryl methyl sites for hydroxylation is 1. The van der Waals surface area contributed by atoms with E-state index in [0.717, 1.165) is 88.0 Å². The first-order valence-corrected chi connectivity index (χ1v) is 11.6. The lowest BCUT2D eigenvalue weighted by Gasteiger charge is -2.34. The van der Waals surface area contributed by atoms with E-state index in [4.69, 9.17) is 9.47 Å². The number of fused-ring (bicyclic) bond motifs is 4. The molecule has 0 atom stereocenters. The van der Waals surface area contributed by atoms with E-state index in [2.05, 4.69) is 41.5 Å². The van der Waals surface area contributed by atoms with Crippen LogP contribution in [-0.2, 0) is 6.54 Å². The van der Waals surface area contributed by atoms with Crippen molar-refractivity contribution < 1.29 is 18.8 Å². The number of anilines is 2. The van der Waals surface area contributed by atoms with Gasteiger partial charge in [-0.3, -0.25) is 4.79 Å². The molecule has 0 aliphatic carbocycles. The molecule has 5 nitrogen and oxygen atoms in total. The summed E-state index contributed by atoms with van der Waals surface area (Å²) < 4.78 is 14.1. The van der Waals surface area contributed by atoms with Gasteiger partial charge in [0.1, 0.15) is 18.0 Å². The predicted molar refractivity (Wildman–Crippen MR) is 133 cm³/mol. The molecule has 0 N–H and O–H groups in total. The summed E-state index contributed by atoms with van der Waals surface area (Å²) in [6.07, 6.45) is 2.92. The predicted octanol–water partition coefficient (Wildman–Crippen LogP) is 6.05. The first-order valence-electron chi connectivity index (χ1n) is 11.6. The Bertz CT molecular complexity index is 1390. The molecule has 0 radical (unpaired) electrons. The van der Waals surface area contributed by atoms with E-state index >= 15 is 0 Å². The number of aromatic nitrogens is 1. The molecule has 168 valence electrons. The summed E-state index contributed by atoms with van der Waals surface area (Å²) in [6, 6.07) is 16.4. The van der Waals surface area contributed by atoms with E-state index in [1.54, 1.807) is 14.2 Å². The number of carbonyl (C=O) groups is 1. The summed E-state index contributed by atoms with van der Waals surface area (Å²) in [6.45, 7) is 6.02. The van der Waals surface area contributed by atoms with Crippen LogP contribution < -0.4 is 18.9 Å². The Morgan fingerprint density at radius 3 is 2.30 bits per heavy atom. The van der Waals surface area contributed by atoms with Gasteiger partial charge in [-0.05, 0) is 36.8 Å². The fourth-order valence-electron chi connectivity index (χ4n) is 5.33. The monoisotopic (exact) mass is 441 g/mol. The second-order valence-corrected chi connectivity index (χ2v) is 8.40. The van der Waals surface area contributed by atoms with Gasteiger partial charge in [0.25, 0.3) is 0 Å². The average molecular weight is 442 g/mol. The smallest absolute Gasteiger partial charge is 0.226 e. The molecule has 2 heterocycles. The first-order chi connectivity index (χ1) is 16.2. The van der Waals surface area contributed by atoms with Crippen LogP contribution in [-0.4, -0.2) is 27.1 Å². The largest absolute Gasteiger partial charge is 0.496 e. The van der Waals surface area contributed by atoms with Crippen LogP contribution >= 0.6 is 0 Å². The van der Waals surface area contributed by atoms with E-state index in [0.29, 0.717) is 5.56 Å². The van der Waals surface area contributed by atoms with Crippen LogP contribution in [0.4, 0.5) is 11.4 Å². The molecule has 5 heteroatoms. The number of aldehydes is 1. The highest BCUT2D eigenvalue weighted by molar-refractivity contribution is 6.21. The minimum atomic E-state index is 0.697. The maximum absolute atomic E-state index is 12.3. The number of pyridine rings is 1. The summed E-state index contributed by atoms with van der Waals surface area (Å²) in [5, 5.41) is 2.13. The third kappa shape index (κ3) is 2.99. The summed E-state index contributed by atoms with van der Waals surface area (Å²) in [5.74, 6) is 1.63. The minimum Gasteiger partial charge on any atom is -0.496 e. The molecule has 1 aliphatic rings. The van der Waals surface area contributed by atoms with E-state index in [9.17, 15) is 4.79 Å². The first kappa shape index (κ1) is 21.3. The molecule has 5 rings (SSSR count). The van der Waals surface area contributed by atoms with E-state index in [1.807, 2.05) is 30.3 Å². The zero-order valence-corrected chi connectivity index (χ0v) is 19.6. The number of hydrogen-bond acceptors (Lipinski definition) is 4. The number of carbonyl (C=O) groups excluding carboxylic acids is 1. The molecule has 1 aliphatic heterocycles. The molecular weight excluding hydrogens is 412 g/mol. The summed E-state index contributed by atoms with van der Waals surface area (Å²) in [4.78, 5) is 14.6. The SMILES string of the molecule is CCCN1c2cccc(OC)c2-c2c3c(OC)cccc3[n+](CCC)c3c(C=O)ccc1c23. The molecule has 4 aromatic rings. The van der Waals surface area contributed by atoms with Crippen molar-refractivity contribution in [1.29, 1.82) is 0 Å². The highest BCUT2D eigenvalue weighted by atomic mass is 16.5. The lowest BCUT2D eigenvalue weighted by atomic mass is 9.87. The molecule has 0 spiro atoms. The number of rotatable bonds is 7. The maximum atomic E-state index is 12.3. The van der Waals surface area contributed by atoms with E-state index in [-0.39, 0.29) is 0 Å². The average Bonchev–Trinajstić information content (AvgIpc) is 2.86. The van der Waals surface area contributed by atoms with E-state index in [1.165, 1.54) is 0 Å². The van der Waals surface area contributed by atoms with Crippen molar-refractivity contribution in [3.8, 4) is 22.6 Å². The van der Waals surface area contributed by atoms with Gasteiger partial charge in [-0.2, -0.15) is 4.57 Å². The van der Waals surface area contributed by atoms with Crippen molar-refractivity contribution in [3.63, 3.8) is 0 Å². The maximum Gasteiger partial charge on any atom is 0.226 e. The third-order valence-corrected chi connectivity index (χ3v) is 6.55. The van der Waals surface area contributed by atoms with Crippen LogP contribution in [0.3, 0.4) is 0 Å². The molecule has 0 saturated carbocycles. The Morgan fingerprint density at radius 1 is 0.848 bits per heavy atom. The summed E-state index contributed by atoms with van der Waals surface area (Å²) in [5.41, 5.74) is 7.08. The fraction of sp³-hybridized carbons (Fsp3) is 0.286. The summed E-state index contributed by atoms with van der Waals surface area (Å²) in [7, 11) is 3.43. The van der Waals surface area contributed by atoms with Gasteiger partial charge in [-0.1, -0.05) is 26.0 Å². The van der Waals surface area contributed by atoms with Crippen molar-refractivity contribution >= 4 is 39.5 Å². The highest BCUT2D eigenvalue weighted by Crippen LogP contribution is 2.54. The Kier molecular flexibility index (Phi) is 5.41. The Balaban J connectivity index is 2.13. The molecular formula is C28H29N2O3+. The number of methoxy groups -OCH3 is 2. The third-order valence-electron chi connectivity index (χ3n) is 6.55. The van der Waals surface area contributed by atoms with Crippen molar-refractivity contribution in [3.05, 3.63) is 54.1 Å². The number of benzene rings is 3. The van der Waals surface area contributed by atoms with Gasteiger partial charge in [0, 0.05) is 30.2 Å². The van der Waals surface area contributed by atoms with Gasteiger partial charge in [-0.15, -0.1) is 0 Å². The number of nitrogens with zero attached hydrogens (tertiary/aromatic N) is 2. The second kappa shape index (κ2) is 8.39. The minimum absolute atomic E-state index is 0.697. The quantitative estimate of drug-likeness (QED) is 0.199. The van der Waals surface area contributed by atoms with Crippen LogP contribution in [0.1, 0.15) is 37.0 Å². The summed E-state index contributed by atoms with van der Waals surface area (Å²) >= 11 is 0. The van der Waals surface area contributed by atoms with Gasteiger partial charge in [0.05, 0.1) is 41.9 Å². The number of hydrogen-bond donors (Lipinski definition) is 0. The van der Waals surface area contributed by atoms with Gasteiger partial charge < -0.3 is 14.4 Å². The molecule has 33 heavy (non-hydrogen) atoms. The lowest BCUT2D eigenvalue weighted by Crippen LogP contribution is -2.37. The van der Waals surface area contributed by atoms with Crippen molar-refractivity contribution in [1.82, 2.24) is 0 Å². The highest BCUT2D eigenvalue weighted by Gasteiger charge is 2.35. The Morgan fingerprint density at radius 2 is 1.61 bits per heavy atom. The van der Waals surface area contributed by atoms with Crippen molar-refractivity contribution in [2.24, 2.45) is 0 Å². The molecule has 0 saturated heterocycles.